The van der Waals surface area contributed by atoms with Crippen molar-refractivity contribution in [2.75, 3.05) is 12.4 Å². The van der Waals surface area contributed by atoms with E-state index in [1.807, 2.05) is 5.38 Å². The summed E-state index contributed by atoms with van der Waals surface area (Å²) >= 11 is 2.86. The molecule has 0 saturated carbocycles. The van der Waals surface area contributed by atoms with Crippen LogP contribution in [0.5, 0.6) is 0 Å². The number of aliphatic carboxylic acids is 1. The number of rotatable bonds is 13. The van der Waals surface area contributed by atoms with E-state index in [2.05, 4.69) is 23.8 Å². The Hall–Kier alpha value is -3.54. The van der Waals surface area contributed by atoms with Gasteiger partial charge in [-0.2, -0.15) is 25.2 Å². The first-order valence-corrected chi connectivity index (χ1v) is 14.2. The molecule has 3 atom stereocenters. The van der Waals surface area contributed by atoms with Gasteiger partial charge in [-0.05, 0) is 0 Å². The monoisotopic (exact) mass is 628 g/mol. The summed E-state index contributed by atoms with van der Waals surface area (Å²) in [5.41, 5.74) is 22.0. The number of thioether (sulfide) groups is 1. The summed E-state index contributed by atoms with van der Waals surface area (Å²) < 4.78 is 33.5. The van der Waals surface area contributed by atoms with Gasteiger partial charge in [0.2, 0.25) is 16.6 Å². The molecule has 224 valence electrons. The van der Waals surface area contributed by atoms with Crippen LogP contribution in [0.1, 0.15) is 18.5 Å². The molecule has 0 spiro atoms. The molecule has 1 aromatic rings. The van der Waals surface area contributed by atoms with Gasteiger partial charge in [0, 0.05) is 23.3 Å². The van der Waals surface area contributed by atoms with E-state index in [1.165, 1.54) is 23.1 Å². The van der Waals surface area contributed by atoms with Gasteiger partial charge in [0.15, 0.2) is 12.1 Å². The van der Waals surface area contributed by atoms with Crippen LogP contribution in [0.4, 0.5) is 5.13 Å². The Bertz CT molecular complexity index is 1260. The largest absolute Gasteiger partial charge is 0.499 e. The maximum atomic E-state index is 11.5. The molecule has 0 amide bonds. The third-order valence-corrected chi connectivity index (χ3v) is 6.39. The summed E-state index contributed by atoms with van der Waals surface area (Å²) in [7, 11) is -3.92. The van der Waals surface area contributed by atoms with Crippen LogP contribution in [0.15, 0.2) is 26.3 Å². The summed E-state index contributed by atoms with van der Waals surface area (Å²) in [6.45, 7) is -0.826. The van der Waals surface area contributed by atoms with Crippen molar-refractivity contribution in [3.63, 3.8) is 0 Å². The normalized spacial score (nSPS) is 16.9. The molecule has 40 heavy (non-hydrogen) atoms. The number of guanidine groups is 1. The van der Waals surface area contributed by atoms with Crippen molar-refractivity contribution < 1.29 is 52.7 Å². The lowest BCUT2D eigenvalue weighted by Gasteiger charge is -2.18. The number of amidine groups is 1. The van der Waals surface area contributed by atoms with E-state index in [4.69, 9.17) is 38.3 Å². The molecule has 1 aliphatic heterocycles. The summed E-state index contributed by atoms with van der Waals surface area (Å²) in [6, 6.07) is -1.53. The fourth-order valence-electron chi connectivity index (χ4n) is 2.46. The van der Waals surface area contributed by atoms with Crippen molar-refractivity contribution in [1.82, 2.24) is 4.98 Å². The number of cyclic esters (lactones) is 1. The fraction of sp³-hybridized carbons (Fsp3) is 0.444. The van der Waals surface area contributed by atoms with Crippen LogP contribution in [0.2, 0.25) is 0 Å². The lowest BCUT2D eigenvalue weighted by Crippen LogP contribution is -2.38. The predicted molar refractivity (Wildman–Crippen MR) is 142 cm³/mol. The van der Waals surface area contributed by atoms with Crippen LogP contribution < -0.4 is 28.1 Å². The van der Waals surface area contributed by atoms with Gasteiger partial charge >= 0.3 is 28.1 Å². The number of aliphatic hydroxyl groups excluding tert-OH is 3. The third-order valence-electron chi connectivity index (χ3n) is 4.12. The highest BCUT2D eigenvalue weighted by Crippen LogP contribution is 2.25. The minimum Gasteiger partial charge on any atom is -0.499 e. The molecule has 0 saturated heterocycles. The number of esters is 2. The number of hydrogen-bond acceptors (Lipinski definition) is 15. The average molecular weight is 629 g/mol. The van der Waals surface area contributed by atoms with Crippen molar-refractivity contribution in [1.29, 1.82) is 0 Å². The molecule has 0 aliphatic carbocycles. The van der Waals surface area contributed by atoms with Gasteiger partial charge in [-0.25, -0.2) is 19.7 Å². The number of carboxylic acid groups (broad SMARTS) is 1. The first-order valence-electron chi connectivity index (χ1n) is 10.6. The number of aliphatic hydroxyl groups is 3. The van der Waals surface area contributed by atoms with Crippen molar-refractivity contribution in [2.24, 2.45) is 37.5 Å². The number of thiazole rings is 1. The Kier molecular flexibility index (Phi) is 13.7. The SMILES string of the molecule is NC(N)=Nc1nc(CSCCC(N)=NS(N)(=O)=O)cs1.N[C@@H](CC(=O)O)C(=O)OC1=C(O)C(=O)O[C@@H]1[C@@H](O)CO. The maximum absolute atomic E-state index is 11.5. The third kappa shape index (κ3) is 12.5. The molecule has 2 rings (SSSR count). The number of hydrogen-bond donors (Lipinski definition) is 9. The molecule has 1 aliphatic rings. The van der Waals surface area contributed by atoms with E-state index in [1.54, 1.807) is 0 Å². The number of nitrogens with two attached hydrogens (primary N) is 5. The fourth-order valence-corrected chi connectivity index (χ4v) is 4.54. The molecule has 1 aromatic heterocycles. The molecular weight excluding hydrogens is 600 g/mol. The second-order valence-electron chi connectivity index (χ2n) is 7.47. The number of ether oxygens (including phenoxy) is 2. The van der Waals surface area contributed by atoms with E-state index in [-0.39, 0.29) is 11.8 Å². The standard InChI is InChI=1S/C10H13NO9.C8H15N7O2S3/c11-3(1-5(14)15)9(17)20-8-6(16)10(18)19-7(8)4(13)2-12;9-6(15-20(12,16)17)1-2-18-3-5-4-19-8(13-5)14-7(10)11/h3-4,7,12-13,16H,1-2,11H2,(H,14,15);4H,1-3H2,(H2,9,15)(H2,12,16,17)(H4,10,11,13,14)/t3-,4-,7+;/m0./s1. The van der Waals surface area contributed by atoms with Crippen molar-refractivity contribution >= 4 is 68.1 Å². The lowest BCUT2D eigenvalue weighted by atomic mass is 10.1. The molecule has 2 heterocycles. The van der Waals surface area contributed by atoms with Gasteiger partial charge in [-0.15, -0.1) is 15.7 Å². The Morgan fingerprint density at radius 2 is 1.95 bits per heavy atom. The zero-order chi connectivity index (χ0) is 30.6. The van der Waals surface area contributed by atoms with Crippen molar-refractivity contribution in [2.45, 2.75) is 36.8 Å². The van der Waals surface area contributed by atoms with E-state index in [9.17, 15) is 33.0 Å². The van der Waals surface area contributed by atoms with Crippen LogP contribution in [-0.2, 0) is 39.8 Å². The highest BCUT2D eigenvalue weighted by atomic mass is 32.2. The Morgan fingerprint density at radius 1 is 1.30 bits per heavy atom. The van der Waals surface area contributed by atoms with E-state index in [0.29, 0.717) is 23.1 Å². The number of carbonyl (C=O) groups excluding carboxylic acids is 2. The summed E-state index contributed by atoms with van der Waals surface area (Å²) in [5, 5.41) is 43.0. The smallest absolute Gasteiger partial charge is 0.378 e. The number of carboxylic acids is 1. The molecule has 0 radical (unpaired) electrons. The molecular formula is C18H28N8O11S3. The first-order chi connectivity index (χ1) is 18.5. The number of aromatic nitrogens is 1. The van der Waals surface area contributed by atoms with Crippen molar-refractivity contribution in [3.05, 3.63) is 22.6 Å². The van der Waals surface area contributed by atoms with Gasteiger partial charge in [-0.3, -0.25) is 4.79 Å². The van der Waals surface area contributed by atoms with E-state index in [0.717, 1.165) is 5.69 Å². The van der Waals surface area contributed by atoms with Crippen LogP contribution >= 0.6 is 23.1 Å². The zero-order valence-electron chi connectivity index (χ0n) is 20.4. The Balaban J connectivity index is 0.000000400. The highest BCUT2D eigenvalue weighted by Gasteiger charge is 2.42. The van der Waals surface area contributed by atoms with E-state index < -0.39 is 70.9 Å². The number of nitrogens with zero attached hydrogens (tertiary/aromatic N) is 3. The van der Waals surface area contributed by atoms with Crippen molar-refractivity contribution in [3.8, 4) is 0 Å². The molecule has 14 N–H and O–H groups in total. The van der Waals surface area contributed by atoms with Gasteiger partial charge in [0.25, 0.3) is 0 Å². The topological polar surface area (TPSA) is 352 Å². The minimum absolute atomic E-state index is 0.0144. The molecule has 0 unspecified atom stereocenters. The Labute approximate surface area is 234 Å². The van der Waals surface area contributed by atoms with Gasteiger partial charge in [-0.1, -0.05) is 0 Å². The maximum Gasteiger partial charge on any atom is 0.378 e. The number of aliphatic imine (C=N–C) groups is 1. The molecule has 0 fully saturated rings. The summed E-state index contributed by atoms with van der Waals surface area (Å²) in [6.07, 6.45) is -3.60. The number of carbonyl (C=O) groups is 3. The van der Waals surface area contributed by atoms with Gasteiger partial charge < -0.3 is 52.8 Å². The average Bonchev–Trinajstić information content (AvgIpc) is 3.38. The zero-order valence-corrected chi connectivity index (χ0v) is 22.9. The summed E-state index contributed by atoms with van der Waals surface area (Å²) in [5.74, 6) is -4.43. The second kappa shape index (κ2) is 15.9. The molecule has 0 aromatic carbocycles. The van der Waals surface area contributed by atoms with Crippen LogP contribution in [0, 0.1) is 0 Å². The van der Waals surface area contributed by atoms with Crippen LogP contribution in [-0.4, -0.2) is 94.1 Å². The van der Waals surface area contributed by atoms with Crippen LogP contribution in [0.25, 0.3) is 0 Å². The minimum atomic E-state index is -3.92. The molecule has 19 nitrogen and oxygen atoms in total. The quantitative estimate of drug-likeness (QED) is 0.0445. The Morgan fingerprint density at radius 3 is 2.50 bits per heavy atom. The van der Waals surface area contributed by atoms with Gasteiger partial charge in [0.05, 0.1) is 18.7 Å². The second-order valence-corrected chi connectivity index (χ2v) is 10.6. The predicted octanol–water partition coefficient (Wildman–Crippen LogP) is -3.39. The molecule has 0 bridgehead atoms. The summed E-state index contributed by atoms with van der Waals surface area (Å²) in [4.78, 5) is 41.0. The van der Waals surface area contributed by atoms with Crippen LogP contribution in [0.3, 0.4) is 0 Å². The van der Waals surface area contributed by atoms with Gasteiger partial charge in [0.1, 0.15) is 18.0 Å². The first kappa shape index (κ1) is 34.5. The lowest BCUT2D eigenvalue weighted by molar-refractivity contribution is -0.152. The van der Waals surface area contributed by atoms with E-state index >= 15 is 0 Å². The highest BCUT2D eigenvalue weighted by molar-refractivity contribution is 7.98. The molecule has 22 heteroatoms.